The molecule has 3 N–H and O–H groups in total. The molecule has 1 aromatic rings. The fourth-order valence-electron chi connectivity index (χ4n) is 2.23. The smallest absolute Gasteiger partial charge is 0.306 e. The maximum atomic E-state index is 10.7. The molecular formula is C10H13NO3. The number of aliphatic hydroxyl groups is 1. The number of aromatic amines is 1. The van der Waals surface area contributed by atoms with Gasteiger partial charge in [-0.25, -0.2) is 0 Å². The molecular weight excluding hydrogens is 182 g/mol. The molecule has 2 atom stereocenters. The minimum Gasteiger partial charge on any atom is -0.481 e. The molecule has 1 aliphatic carbocycles. The normalized spacial score (nSPS) is 30.3. The van der Waals surface area contributed by atoms with Crippen LogP contribution in [0.25, 0.3) is 0 Å². The highest BCUT2D eigenvalue weighted by Crippen LogP contribution is 2.43. The maximum Gasteiger partial charge on any atom is 0.306 e. The van der Waals surface area contributed by atoms with Crippen LogP contribution in [0.3, 0.4) is 0 Å². The summed E-state index contributed by atoms with van der Waals surface area (Å²) in [6.07, 6.45) is 4.04. The first-order valence-corrected chi connectivity index (χ1v) is 4.64. The molecule has 0 bridgehead atoms. The van der Waals surface area contributed by atoms with Gasteiger partial charge in [0.15, 0.2) is 0 Å². The summed E-state index contributed by atoms with van der Waals surface area (Å²) in [4.78, 5) is 13.6. The van der Waals surface area contributed by atoms with Crippen LogP contribution in [0.5, 0.6) is 0 Å². The monoisotopic (exact) mass is 195 g/mol. The van der Waals surface area contributed by atoms with Gasteiger partial charge in [0.05, 0.1) is 6.42 Å². The van der Waals surface area contributed by atoms with Crippen molar-refractivity contribution in [2.45, 2.75) is 25.4 Å². The summed E-state index contributed by atoms with van der Waals surface area (Å²) in [6, 6.07) is 0. The van der Waals surface area contributed by atoms with E-state index in [-0.39, 0.29) is 12.3 Å². The molecule has 14 heavy (non-hydrogen) atoms. The van der Waals surface area contributed by atoms with Crippen molar-refractivity contribution in [3.05, 3.63) is 23.5 Å². The molecule has 0 amide bonds. The third-order valence-electron chi connectivity index (χ3n) is 3.06. The van der Waals surface area contributed by atoms with E-state index in [4.69, 9.17) is 5.11 Å². The molecule has 0 aliphatic heterocycles. The van der Waals surface area contributed by atoms with Crippen molar-refractivity contribution in [2.24, 2.45) is 5.92 Å². The Morgan fingerprint density at radius 3 is 3.07 bits per heavy atom. The van der Waals surface area contributed by atoms with Crippen LogP contribution in [-0.4, -0.2) is 21.2 Å². The number of fused-ring (bicyclic) bond motifs is 1. The molecule has 4 heteroatoms. The molecule has 0 fully saturated rings. The number of aliphatic carboxylic acids is 1. The summed E-state index contributed by atoms with van der Waals surface area (Å²) in [7, 11) is 0. The van der Waals surface area contributed by atoms with Crippen LogP contribution in [0.2, 0.25) is 0 Å². The zero-order chi connectivity index (χ0) is 10.3. The fourth-order valence-corrected chi connectivity index (χ4v) is 2.23. The Balaban J connectivity index is 2.39. The lowest BCUT2D eigenvalue weighted by molar-refractivity contribution is -0.144. The summed E-state index contributed by atoms with van der Waals surface area (Å²) in [5.74, 6) is -0.994. The minimum atomic E-state index is -1.19. The largest absolute Gasteiger partial charge is 0.481 e. The number of carboxylic acids is 1. The quantitative estimate of drug-likeness (QED) is 0.655. The van der Waals surface area contributed by atoms with Gasteiger partial charge >= 0.3 is 5.97 Å². The van der Waals surface area contributed by atoms with Gasteiger partial charge in [-0.1, -0.05) is 6.92 Å². The van der Waals surface area contributed by atoms with Gasteiger partial charge in [-0.15, -0.1) is 0 Å². The van der Waals surface area contributed by atoms with E-state index in [9.17, 15) is 9.90 Å². The van der Waals surface area contributed by atoms with E-state index in [2.05, 4.69) is 4.98 Å². The number of nitrogens with one attached hydrogen (secondary N) is 1. The Morgan fingerprint density at radius 2 is 2.43 bits per heavy atom. The summed E-state index contributed by atoms with van der Waals surface area (Å²) in [5, 5.41) is 19.0. The Morgan fingerprint density at radius 1 is 1.71 bits per heavy atom. The molecule has 4 nitrogen and oxygen atoms in total. The molecule has 76 valence electrons. The minimum absolute atomic E-state index is 0.0294. The number of hydrogen-bond donors (Lipinski definition) is 3. The molecule has 1 aliphatic rings. The molecule has 0 saturated heterocycles. The second kappa shape index (κ2) is 2.85. The van der Waals surface area contributed by atoms with Crippen LogP contribution in [0.15, 0.2) is 12.4 Å². The third kappa shape index (κ3) is 1.14. The Hall–Kier alpha value is -1.29. The van der Waals surface area contributed by atoms with Crippen molar-refractivity contribution in [1.29, 1.82) is 0 Å². The highest BCUT2D eigenvalue weighted by atomic mass is 16.4. The average molecular weight is 195 g/mol. The topological polar surface area (TPSA) is 73.3 Å². The van der Waals surface area contributed by atoms with Crippen LogP contribution < -0.4 is 0 Å². The third-order valence-corrected chi connectivity index (χ3v) is 3.06. The first-order chi connectivity index (χ1) is 6.54. The van der Waals surface area contributed by atoms with Crippen molar-refractivity contribution in [3.63, 3.8) is 0 Å². The molecule has 2 rings (SSSR count). The lowest BCUT2D eigenvalue weighted by atomic mass is 9.86. The van der Waals surface area contributed by atoms with Gasteiger partial charge < -0.3 is 15.2 Å². The zero-order valence-corrected chi connectivity index (χ0v) is 7.95. The van der Waals surface area contributed by atoms with Gasteiger partial charge in [0.1, 0.15) is 5.60 Å². The summed E-state index contributed by atoms with van der Waals surface area (Å²) in [5.41, 5.74) is 0.579. The molecule has 2 unspecified atom stereocenters. The SMILES string of the molecule is CC1Cc2c[nH]cc2C1(O)CC(=O)O. The fraction of sp³-hybridized carbons (Fsp3) is 0.500. The number of H-pyrrole nitrogens is 1. The van der Waals surface area contributed by atoms with Crippen molar-refractivity contribution < 1.29 is 15.0 Å². The molecule has 0 spiro atoms. The van der Waals surface area contributed by atoms with E-state index in [0.29, 0.717) is 0 Å². The van der Waals surface area contributed by atoms with Crippen molar-refractivity contribution in [3.8, 4) is 0 Å². The van der Waals surface area contributed by atoms with E-state index < -0.39 is 11.6 Å². The lowest BCUT2D eigenvalue weighted by Gasteiger charge is -2.26. The number of carboxylic acid groups (broad SMARTS) is 1. The van der Waals surface area contributed by atoms with Gasteiger partial charge in [0.2, 0.25) is 0 Å². The molecule has 0 aromatic carbocycles. The number of carbonyl (C=O) groups is 1. The Labute approximate surface area is 81.6 Å². The number of rotatable bonds is 2. The van der Waals surface area contributed by atoms with Crippen molar-refractivity contribution in [2.75, 3.05) is 0 Å². The number of aromatic nitrogens is 1. The Kier molecular flexibility index (Phi) is 1.89. The van der Waals surface area contributed by atoms with Gasteiger partial charge in [0.25, 0.3) is 0 Å². The standard InChI is InChI=1S/C10H13NO3/c1-6-2-7-4-11-5-8(7)10(6,14)3-9(12)13/h4-6,11,14H,2-3H2,1H3,(H,12,13). The lowest BCUT2D eigenvalue weighted by Crippen LogP contribution is -2.32. The van der Waals surface area contributed by atoms with Crippen LogP contribution in [0.4, 0.5) is 0 Å². The second-order valence-corrected chi connectivity index (χ2v) is 3.99. The van der Waals surface area contributed by atoms with Gasteiger partial charge in [-0.3, -0.25) is 4.79 Å². The first kappa shape index (κ1) is 9.27. The van der Waals surface area contributed by atoms with Crippen LogP contribution in [0.1, 0.15) is 24.5 Å². The highest BCUT2D eigenvalue weighted by Gasteiger charge is 2.44. The molecule has 1 aromatic heterocycles. The highest BCUT2D eigenvalue weighted by molar-refractivity contribution is 5.69. The van der Waals surface area contributed by atoms with Gasteiger partial charge in [-0.05, 0) is 17.9 Å². The predicted octanol–water partition coefficient (Wildman–Crippen LogP) is 0.869. The average Bonchev–Trinajstić information content (AvgIpc) is 2.57. The predicted molar refractivity (Wildman–Crippen MR) is 49.8 cm³/mol. The van der Waals surface area contributed by atoms with E-state index in [1.165, 1.54) is 0 Å². The maximum absolute atomic E-state index is 10.7. The zero-order valence-electron chi connectivity index (χ0n) is 7.95. The van der Waals surface area contributed by atoms with Crippen molar-refractivity contribution >= 4 is 5.97 Å². The summed E-state index contributed by atoms with van der Waals surface area (Å²) in [6.45, 7) is 1.88. The van der Waals surface area contributed by atoms with Gasteiger partial charge in [0, 0.05) is 18.0 Å². The van der Waals surface area contributed by atoms with Crippen LogP contribution >= 0.6 is 0 Å². The Bertz CT molecular complexity index is 371. The van der Waals surface area contributed by atoms with E-state index in [0.717, 1.165) is 17.5 Å². The van der Waals surface area contributed by atoms with E-state index in [1.54, 1.807) is 6.20 Å². The summed E-state index contributed by atoms with van der Waals surface area (Å²) < 4.78 is 0. The first-order valence-electron chi connectivity index (χ1n) is 4.64. The molecule has 1 heterocycles. The molecule has 0 radical (unpaired) electrons. The van der Waals surface area contributed by atoms with Crippen LogP contribution in [-0.2, 0) is 16.8 Å². The van der Waals surface area contributed by atoms with Crippen LogP contribution in [0, 0.1) is 5.92 Å². The van der Waals surface area contributed by atoms with E-state index >= 15 is 0 Å². The van der Waals surface area contributed by atoms with Crippen molar-refractivity contribution in [1.82, 2.24) is 4.98 Å². The second-order valence-electron chi connectivity index (χ2n) is 3.99. The van der Waals surface area contributed by atoms with Gasteiger partial charge in [-0.2, -0.15) is 0 Å². The summed E-state index contributed by atoms with van der Waals surface area (Å²) >= 11 is 0. The van der Waals surface area contributed by atoms with E-state index in [1.807, 2.05) is 13.1 Å². The molecule has 0 saturated carbocycles. The number of hydrogen-bond acceptors (Lipinski definition) is 2.